The predicted octanol–water partition coefficient (Wildman–Crippen LogP) is 1.49. The summed E-state index contributed by atoms with van der Waals surface area (Å²) in [5, 5.41) is 2.33. The van der Waals surface area contributed by atoms with Crippen molar-refractivity contribution in [2.75, 3.05) is 18.9 Å². The van der Waals surface area contributed by atoms with Crippen molar-refractivity contribution in [3.63, 3.8) is 0 Å². The van der Waals surface area contributed by atoms with Crippen LogP contribution in [0, 0.1) is 11.6 Å². The van der Waals surface area contributed by atoms with Crippen LogP contribution in [0.5, 0.6) is 0 Å². The number of benzene rings is 1. The second-order valence-corrected chi connectivity index (χ2v) is 4.80. The van der Waals surface area contributed by atoms with Gasteiger partial charge >= 0.3 is 0 Å². The Balaban J connectivity index is 2.58. The Hall–Kier alpha value is -2.02. The predicted molar refractivity (Wildman–Crippen MR) is 75.5 cm³/mol. The largest absolute Gasteiger partial charge is 0.335 e. The highest BCUT2D eigenvalue weighted by molar-refractivity contribution is 5.95. The summed E-state index contributed by atoms with van der Waals surface area (Å²) >= 11 is 0. The summed E-state index contributed by atoms with van der Waals surface area (Å²) in [6.45, 7) is 1.66. The fraction of sp³-hybridized carbons (Fsp3) is 0.429. The third kappa shape index (κ3) is 5.47. The van der Waals surface area contributed by atoms with Crippen molar-refractivity contribution in [1.82, 2.24) is 4.90 Å². The number of amides is 2. The number of nitrogens with two attached hydrogens (primary N) is 1. The summed E-state index contributed by atoms with van der Waals surface area (Å²) in [7, 11) is 1.45. The van der Waals surface area contributed by atoms with E-state index in [1.54, 1.807) is 0 Å². The van der Waals surface area contributed by atoms with Crippen LogP contribution in [0.1, 0.15) is 19.8 Å². The molecule has 0 spiro atoms. The van der Waals surface area contributed by atoms with Crippen LogP contribution < -0.4 is 11.1 Å². The van der Waals surface area contributed by atoms with E-state index >= 15 is 0 Å². The molecule has 1 rings (SSSR count). The maximum atomic E-state index is 13.0. The highest BCUT2D eigenvalue weighted by Crippen LogP contribution is 2.12. The normalized spacial score (nSPS) is 11.9. The number of carbonyl (C=O) groups is 2. The lowest BCUT2D eigenvalue weighted by Gasteiger charge is -2.20. The summed E-state index contributed by atoms with van der Waals surface area (Å²) in [6, 6.07) is 2.03. The van der Waals surface area contributed by atoms with E-state index in [0.29, 0.717) is 12.5 Å². The minimum absolute atomic E-state index is 0.00351. The molecule has 0 bridgehead atoms. The van der Waals surface area contributed by atoms with Crippen LogP contribution in [0.3, 0.4) is 0 Å². The van der Waals surface area contributed by atoms with Crippen LogP contribution in [-0.4, -0.2) is 36.3 Å². The third-order valence-corrected chi connectivity index (χ3v) is 2.82. The van der Waals surface area contributed by atoms with Crippen molar-refractivity contribution in [1.29, 1.82) is 0 Å². The van der Waals surface area contributed by atoms with E-state index in [1.165, 1.54) is 11.9 Å². The van der Waals surface area contributed by atoms with Crippen molar-refractivity contribution < 1.29 is 18.4 Å². The van der Waals surface area contributed by atoms with Crippen LogP contribution >= 0.6 is 0 Å². The maximum Gasteiger partial charge on any atom is 0.243 e. The Labute approximate surface area is 122 Å². The first kappa shape index (κ1) is 17.0. The molecule has 1 atom stereocenters. The number of carbonyl (C=O) groups excluding carboxylic acids is 2. The smallest absolute Gasteiger partial charge is 0.243 e. The molecule has 5 nitrogen and oxygen atoms in total. The molecular formula is C14H19F2N3O2. The molecule has 1 aromatic carbocycles. The maximum absolute atomic E-state index is 13.0. The topological polar surface area (TPSA) is 75.4 Å². The molecule has 0 saturated carbocycles. The molecule has 116 valence electrons. The van der Waals surface area contributed by atoms with Crippen LogP contribution in [0.4, 0.5) is 14.5 Å². The molecule has 7 heteroatoms. The van der Waals surface area contributed by atoms with Gasteiger partial charge in [0.1, 0.15) is 11.6 Å². The van der Waals surface area contributed by atoms with Crippen molar-refractivity contribution >= 4 is 17.5 Å². The van der Waals surface area contributed by atoms with E-state index in [0.717, 1.165) is 18.6 Å². The van der Waals surface area contributed by atoms with Crippen molar-refractivity contribution in [3.8, 4) is 0 Å². The average molecular weight is 299 g/mol. The molecule has 1 aromatic rings. The molecule has 0 saturated heterocycles. The van der Waals surface area contributed by atoms with Gasteiger partial charge in [-0.2, -0.15) is 0 Å². The Morgan fingerprint density at radius 3 is 2.38 bits per heavy atom. The number of hydrogen-bond donors (Lipinski definition) is 2. The van der Waals surface area contributed by atoms with Gasteiger partial charge in [-0.3, -0.25) is 9.59 Å². The molecule has 0 fully saturated rings. The van der Waals surface area contributed by atoms with E-state index < -0.39 is 23.6 Å². The fourth-order valence-corrected chi connectivity index (χ4v) is 1.84. The molecule has 1 unspecified atom stereocenters. The van der Waals surface area contributed by atoms with E-state index in [9.17, 15) is 18.4 Å². The summed E-state index contributed by atoms with van der Waals surface area (Å²) in [5.74, 6) is -2.49. The van der Waals surface area contributed by atoms with Gasteiger partial charge < -0.3 is 16.0 Å². The second kappa shape index (κ2) is 7.68. The molecule has 0 radical (unpaired) electrons. The monoisotopic (exact) mass is 299 g/mol. The van der Waals surface area contributed by atoms with Gasteiger partial charge in [-0.15, -0.1) is 0 Å². The van der Waals surface area contributed by atoms with Gasteiger partial charge in [-0.25, -0.2) is 8.78 Å². The molecule has 2 amide bonds. The van der Waals surface area contributed by atoms with Gasteiger partial charge in [0.05, 0.1) is 12.6 Å². The summed E-state index contributed by atoms with van der Waals surface area (Å²) < 4.78 is 26.0. The van der Waals surface area contributed by atoms with Crippen LogP contribution in [0.25, 0.3) is 0 Å². The van der Waals surface area contributed by atoms with E-state index in [-0.39, 0.29) is 18.1 Å². The van der Waals surface area contributed by atoms with E-state index in [1.807, 2.05) is 6.92 Å². The lowest BCUT2D eigenvalue weighted by molar-refractivity contribution is -0.134. The highest BCUT2D eigenvalue weighted by atomic mass is 19.1. The van der Waals surface area contributed by atoms with E-state index in [2.05, 4.69) is 5.32 Å². The van der Waals surface area contributed by atoms with E-state index in [4.69, 9.17) is 5.73 Å². The van der Waals surface area contributed by atoms with Crippen LogP contribution in [0.15, 0.2) is 18.2 Å². The average Bonchev–Trinajstić information content (AvgIpc) is 2.36. The molecule has 0 aliphatic carbocycles. The quantitative estimate of drug-likeness (QED) is 0.835. The molecule has 0 aliphatic heterocycles. The van der Waals surface area contributed by atoms with Crippen LogP contribution in [-0.2, 0) is 9.59 Å². The van der Waals surface area contributed by atoms with Crippen molar-refractivity contribution in [2.45, 2.75) is 25.8 Å². The third-order valence-electron chi connectivity index (χ3n) is 2.82. The number of anilines is 1. The van der Waals surface area contributed by atoms with Crippen LogP contribution in [0.2, 0.25) is 0 Å². The first-order chi connectivity index (χ1) is 9.83. The van der Waals surface area contributed by atoms with Gasteiger partial charge in [-0.05, 0) is 18.6 Å². The van der Waals surface area contributed by atoms with Gasteiger partial charge in [-0.1, -0.05) is 13.3 Å². The lowest BCUT2D eigenvalue weighted by Crippen LogP contribution is -2.44. The molecule has 21 heavy (non-hydrogen) atoms. The molecular weight excluding hydrogens is 280 g/mol. The minimum atomic E-state index is -0.792. The second-order valence-electron chi connectivity index (χ2n) is 4.80. The Bertz CT molecular complexity index is 503. The molecule has 0 heterocycles. The number of nitrogens with zero attached hydrogens (tertiary/aromatic N) is 1. The molecule has 0 aromatic heterocycles. The minimum Gasteiger partial charge on any atom is -0.335 e. The lowest BCUT2D eigenvalue weighted by atomic mass is 10.1. The molecule has 0 aliphatic rings. The first-order valence-electron chi connectivity index (χ1n) is 6.60. The Kier molecular flexibility index (Phi) is 6.23. The van der Waals surface area contributed by atoms with Gasteiger partial charge in [0.15, 0.2) is 0 Å². The van der Waals surface area contributed by atoms with Gasteiger partial charge in [0, 0.05) is 18.8 Å². The number of likely N-dealkylation sites (N-methyl/N-ethyl adjacent to an activating group) is 1. The summed E-state index contributed by atoms with van der Waals surface area (Å²) in [6.07, 6.45) is 1.29. The number of nitrogens with one attached hydrogen (secondary N) is 1. The van der Waals surface area contributed by atoms with Crippen molar-refractivity contribution in [3.05, 3.63) is 29.8 Å². The zero-order valence-electron chi connectivity index (χ0n) is 12.0. The first-order valence-corrected chi connectivity index (χ1v) is 6.60. The standard InChI is InChI=1S/C14H19F2N3O2/c1-3-4-12(17)14(21)19(2)8-13(20)18-11-6-9(15)5-10(16)7-11/h5-7,12H,3-4,8,17H2,1-2H3,(H,18,20). The number of halogens is 2. The number of rotatable bonds is 6. The fourth-order valence-electron chi connectivity index (χ4n) is 1.84. The zero-order chi connectivity index (χ0) is 16.0. The highest BCUT2D eigenvalue weighted by Gasteiger charge is 2.19. The van der Waals surface area contributed by atoms with Gasteiger partial charge in [0.2, 0.25) is 11.8 Å². The summed E-state index contributed by atoms with van der Waals surface area (Å²) in [5.41, 5.74) is 5.67. The number of hydrogen-bond acceptors (Lipinski definition) is 3. The SMILES string of the molecule is CCCC(N)C(=O)N(C)CC(=O)Nc1cc(F)cc(F)c1. The molecule has 3 N–H and O–H groups in total. The van der Waals surface area contributed by atoms with Gasteiger partial charge in [0.25, 0.3) is 0 Å². The zero-order valence-corrected chi connectivity index (χ0v) is 12.0. The summed E-state index contributed by atoms with van der Waals surface area (Å²) in [4.78, 5) is 24.8. The Morgan fingerprint density at radius 1 is 1.29 bits per heavy atom. The Morgan fingerprint density at radius 2 is 1.86 bits per heavy atom. The van der Waals surface area contributed by atoms with Crippen molar-refractivity contribution in [2.24, 2.45) is 5.73 Å².